The average Bonchev–Trinajstić information content (AvgIpc) is 2.48. The van der Waals surface area contributed by atoms with Crippen molar-refractivity contribution >= 4 is 11.6 Å². The zero-order valence-corrected chi connectivity index (χ0v) is 13.1. The van der Waals surface area contributed by atoms with Crippen LogP contribution in [0.1, 0.15) is 38.2 Å². The summed E-state index contributed by atoms with van der Waals surface area (Å²) in [5.41, 5.74) is 1.13. The fraction of sp³-hybridized carbons (Fsp3) is 0.333. The summed E-state index contributed by atoms with van der Waals surface area (Å²) in [5, 5.41) is 10.6. The highest BCUT2D eigenvalue weighted by Crippen LogP contribution is 2.34. The molecule has 0 fully saturated rings. The number of para-hydroxylation sites is 1. The van der Waals surface area contributed by atoms with Gasteiger partial charge in [-0.05, 0) is 42.7 Å². The zero-order chi connectivity index (χ0) is 15.1. The first-order chi connectivity index (χ1) is 10.2. The number of benzene rings is 2. The van der Waals surface area contributed by atoms with Crippen molar-refractivity contribution in [2.24, 2.45) is 0 Å². The van der Waals surface area contributed by atoms with E-state index in [1.807, 2.05) is 18.2 Å². The molecule has 0 atom stereocenters. The van der Waals surface area contributed by atoms with Gasteiger partial charge in [-0.1, -0.05) is 56.0 Å². The number of aromatic hydroxyl groups is 1. The van der Waals surface area contributed by atoms with E-state index in [-0.39, 0.29) is 5.75 Å². The van der Waals surface area contributed by atoms with E-state index >= 15 is 0 Å². The van der Waals surface area contributed by atoms with E-state index in [1.54, 1.807) is 24.3 Å². The van der Waals surface area contributed by atoms with E-state index < -0.39 is 0 Å². The maximum Gasteiger partial charge on any atom is 0.169 e. The lowest BCUT2D eigenvalue weighted by Crippen LogP contribution is -1.89. The second-order valence-electron chi connectivity index (χ2n) is 5.15. The quantitative estimate of drug-likeness (QED) is 0.639. The van der Waals surface area contributed by atoms with Crippen LogP contribution in [0.3, 0.4) is 0 Å². The third-order valence-electron chi connectivity index (χ3n) is 3.40. The van der Waals surface area contributed by atoms with E-state index in [0.29, 0.717) is 16.5 Å². The predicted molar refractivity (Wildman–Crippen MR) is 87.5 cm³/mol. The average molecular weight is 305 g/mol. The summed E-state index contributed by atoms with van der Waals surface area (Å²) >= 11 is 6.05. The topological polar surface area (TPSA) is 29.5 Å². The molecule has 0 bridgehead atoms. The fourth-order valence-corrected chi connectivity index (χ4v) is 2.38. The first-order valence-electron chi connectivity index (χ1n) is 7.45. The van der Waals surface area contributed by atoms with Crippen LogP contribution in [0.15, 0.2) is 42.5 Å². The molecule has 2 rings (SSSR count). The predicted octanol–water partition coefficient (Wildman–Crippen LogP) is 5.96. The molecule has 0 aliphatic carbocycles. The molecular weight excluding hydrogens is 284 g/mol. The number of halogens is 1. The molecule has 1 N–H and O–H groups in total. The molecule has 0 radical (unpaired) electrons. The van der Waals surface area contributed by atoms with Crippen LogP contribution in [0, 0.1) is 0 Å². The number of ether oxygens (including phenoxy) is 1. The van der Waals surface area contributed by atoms with E-state index in [9.17, 15) is 5.11 Å². The molecule has 0 saturated carbocycles. The minimum absolute atomic E-state index is 0.155. The summed E-state index contributed by atoms with van der Waals surface area (Å²) in [6.07, 6.45) is 5.86. The molecule has 0 amide bonds. The van der Waals surface area contributed by atoms with Gasteiger partial charge in [-0.15, -0.1) is 0 Å². The van der Waals surface area contributed by atoms with Gasteiger partial charge in [0.15, 0.2) is 11.5 Å². The number of hydrogen-bond acceptors (Lipinski definition) is 2. The first kappa shape index (κ1) is 15.7. The maximum absolute atomic E-state index is 10.1. The second kappa shape index (κ2) is 7.94. The highest BCUT2D eigenvalue weighted by Gasteiger charge is 2.07. The van der Waals surface area contributed by atoms with Crippen LogP contribution < -0.4 is 4.74 Å². The summed E-state index contributed by atoms with van der Waals surface area (Å²) in [5.74, 6) is 1.13. The van der Waals surface area contributed by atoms with E-state index in [2.05, 4.69) is 6.92 Å². The van der Waals surface area contributed by atoms with Crippen molar-refractivity contribution < 1.29 is 9.84 Å². The van der Waals surface area contributed by atoms with Gasteiger partial charge in [-0.2, -0.15) is 0 Å². The molecule has 3 heteroatoms. The Balaban J connectivity index is 2.01. The standard InChI is InChI=1S/C18H21ClO2/c1-2-3-4-5-8-14-11-12-18(16(20)13-14)21-17-10-7-6-9-15(17)19/h6-7,9-13,20H,2-5,8H2,1H3. The largest absolute Gasteiger partial charge is 0.504 e. The number of hydrogen-bond donors (Lipinski definition) is 1. The molecule has 2 aromatic rings. The highest BCUT2D eigenvalue weighted by molar-refractivity contribution is 6.32. The molecule has 0 unspecified atom stereocenters. The van der Waals surface area contributed by atoms with Crippen molar-refractivity contribution in [1.82, 2.24) is 0 Å². The second-order valence-corrected chi connectivity index (χ2v) is 5.55. The Kier molecular flexibility index (Phi) is 5.94. The molecular formula is C18H21ClO2. The van der Waals surface area contributed by atoms with Crippen LogP contribution in [0.5, 0.6) is 17.2 Å². The maximum atomic E-state index is 10.1. The lowest BCUT2D eigenvalue weighted by atomic mass is 10.1. The summed E-state index contributed by atoms with van der Waals surface area (Å²) in [6, 6.07) is 12.8. The van der Waals surface area contributed by atoms with Gasteiger partial charge >= 0.3 is 0 Å². The number of phenolic OH excluding ortho intramolecular Hbond substituents is 1. The minimum atomic E-state index is 0.155. The van der Waals surface area contributed by atoms with Crippen LogP contribution in [0.25, 0.3) is 0 Å². The number of aryl methyl sites for hydroxylation is 1. The SMILES string of the molecule is CCCCCCc1ccc(Oc2ccccc2Cl)c(O)c1. The number of unbranched alkanes of at least 4 members (excludes halogenated alkanes) is 3. The summed E-state index contributed by atoms with van der Waals surface area (Å²) in [7, 11) is 0. The molecule has 0 saturated heterocycles. The monoisotopic (exact) mass is 304 g/mol. The van der Waals surface area contributed by atoms with Crippen LogP contribution in [-0.4, -0.2) is 5.11 Å². The van der Waals surface area contributed by atoms with Crippen LogP contribution in [0.4, 0.5) is 0 Å². The van der Waals surface area contributed by atoms with Crippen LogP contribution >= 0.6 is 11.6 Å². The molecule has 0 aromatic heterocycles. The summed E-state index contributed by atoms with van der Waals surface area (Å²) in [4.78, 5) is 0. The van der Waals surface area contributed by atoms with Crippen molar-refractivity contribution in [1.29, 1.82) is 0 Å². The first-order valence-corrected chi connectivity index (χ1v) is 7.82. The van der Waals surface area contributed by atoms with Gasteiger partial charge in [0.25, 0.3) is 0 Å². The number of phenols is 1. The molecule has 2 nitrogen and oxygen atoms in total. The van der Waals surface area contributed by atoms with E-state index in [4.69, 9.17) is 16.3 Å². The Morgan fingerprint density at radius 1 is 1.00 bits per heavy atom. The minimum Gasteiger partial charge on any atom is -0.504 e. The summed E-state index contributed by atoms with van der Waals surface area (Å²) in [6.45, 7) is 2.20. The van der Waals surface area contributed by atoms with Gasteiger partial charge < -0.3 is 9.84 Å². The highest BCUT2D eigenvalue weighted by atomic mass is 35.5. The van der Waals surface area contributed by atoms with Gasteiger partial charge in [0.05, 0.1) is 5.02 Å². The fourth-order valence-electron chi connectivity index (χ4n) is 2.21. The normalized spacial score (nSPS) is 10.6. The molecule has 0 spiro atoms. The van der Waals surface area contributed by atoms with Crippen LogP contribution in [0.2, 0.25) is 5.02 Å². The van der Waals surface area contributed by atoms with Crippen molar-refractivity contribution in [2.75, 3.05) is 0 Å². The lowest BCUT2D eigenvalue weighted by Gasteiger charge is -2.10. The molecule has 0 aliphatic rings. The lowest BCUT2D eigenvalue weighted by molar-refractivity contribution is 0.410. The zero-order valence-electron chi connectivity index (χ0n) is 12.3. The van der Waals surface area contributed by atoms with Gasteiger partial charge in [0.1, 0.15) is 5.75 Å². The van der Waals surface area contributed by atoms with Crippen molar-refractivity contribution in [2.45, 2.75) is 39.0 Å². The number of rotatable bonds is 7. The molecule has 2 aromatic carbocycles. The van der Waals surface area contributed by atoms with Crippen molar-refractivity contribution in [3.8, 4) is 17.2 Å². The Hall–Kier alpha value is -1.67. The Bertz CT molecular complexity index is 581. The third kappa shape index (κ3) is 4.68. The Labute approximate surface area is 131 Å². The van der Waals surface area contributed by atoms with Gasteiger partial charge in [-0.25, -0.2) is 0 Å². The van der Waals surface area contributed by atoms with Crippen molar-refractivity contribution in [3.05, 3.63) is 53.1 Å². The summed E-state index contributed by atoms with van der Waals surface area (Å²) < 4.78 is 5.66. The molecule has 0 aliphatic heterocycles. The van der Waals surface area contributed by atoms with E-state index in [1.165, 1.54) is 19.3 Å². The van der Waals surface area contributed by atoms with Gasteiger partial charge in [0.2, 0.25) is 0 Å². The molecule has 112 valence electrons. The molecule has 0 heterocycles. The van der Waals surface area contributed by atoms with E-state index in [0.717, 1.165) is 18.4 Å². The van der Waals surface area contributed by atoms with Gasteiger partial charge in [0, 0.05) is 0 Å². The Morgan fingerprint density at radius 2 is 1.81 bits per heavy atom. The van der Waals surface area contributed by atoms with Crippen LogP contribution in [-0.2, 0) is 6.42 Å². The smallest absolute Gasteiger partial charge is 0.169 e. The Morgan fingerprint density at radius 3 is 2.52 bits per heavy atom. The molecule has 21 heavy (non-hydrogen) atoms. The van der Waals surface area contributed by atoms with Crippen molar-refractivity contribution in [3.63, 3.8) is 0 Å². The third-order valence-corrected chi connectivity index (χ3v) is 3.71. The van der Waals surface area contributed by atoms with Gasteiger partial charge in [-0.3, -0.25) is 0 Å².